The Hall–Kier alpha value is -3.57. The first-order chi connectivity index (χ1) is 14.0. The van der Waals surface area contributed by atoms with E-state index in [2.05, 4.69) is 21.1 Å². The third-order valence-electron chi connectivity index (χ3n) is 4.04. The van der Waals surface area contributed by atoms with Gasteiger partial charge in [0.2, 0.25) is 5.91 Å². The van der Waals surface area contributed by atoms with Crippen LogP contribution >= 0.6 is 11.8 Å². The zero-order valence-electron chi connectivity index (χ0n) is 15.8. The maximum atomic E-state index is 12.3. The number of aromatic nitrogens is 1. The molecule has 0 atom stereocenters. The number of carbonyl (C=O) groups is 2. The normalized spacial score (nSPS) is 10.2. The number of rotatable bonds is 6. The summed E-state index contributed by atoms with van der Waals surface area (Å²) in [4.78, 5) is 28.2. The first-order valence-electron chi connectivity index (χ1n) is 8.54. The van der Waals surface area contributed by atoms with Crippen LogP contribution in [0.2, 0.25) is 0 Å². The number of esters is 1. The molecule has 0 bridgehead atoms. The Morgan fingerprint density at radius 3 is 2.55 bits per heavy atom. The van der Waals surface area contributed by atoms with Gasteiger partial charge in [0.15, 0.2) is 0 Å². The van der Waals surface area contributed by atoms with E-state index >= 15 is 0 Å². The number of nitrogens with zero attached hydrogens (tertiary/aromatic N) is 2. The second-order valence-electron chi connectivity index (χ2n) is 5.92. The van der Waals surface area contributed by atoms with Crippen molar-refractivity contribution in [1.29, 1.82) is 5.26 Å². The maximum Gasteiger partial charge on any atom is 0.337 e. The molecule has 0 fully saturated rings. The van der Waals surface area contributed by atoms with Crippen LogP contribution in [0.4, 0.5) is 5.69 Å². The predicted octanol–water partition coefficient (Wildman–Crippen LogP) is 3.63. The van der Waals surface area contributed by atoms with Gasteiger partial charge in [-0.05, 0) is 42.5 Å². The van der Waals surface area contributed by atoms with E-state index in [9.17, 15) is 14.9 Å². The summed E-state index contributed by atoms with van der Waals surface area (Å²) in [6.07, 6.45) is 0. The molecule has 3 rings (SSSR count). The topological polar surface area (TPSA) is 101 Å². The van der Waals surface area contributed by atoms with Gasteiger partial charge in [-0.1, -0.05) is 11.8 Å². The highest BCUT2D eigenvalue weighted by atomic mass is 32.2. The second-order valence-corrected chi connectivity index (χ2v) is 6.88. The van der Waals surface area contributed by atoms with E-state index < -0.39 is 5.97 Å². The summed E-state index contributed by atoms with van der Waals surface area (Å²) in [7, 11) is 2.88. The summed E-state index contributed by atoms with van der Waals surface area (Å²) in [5.41, 5.74) is 2.04. The number of benzene rings is 2. The zero-order chi connectivity index (χ0) is 20.8. The number of anilines is 1. The molecule has 0 spiro atoms. The van der Waals surface area contributed by atoms with Gasteiger partial charge in [0.05, 0.1) is 36.6 Å². The van der Waals surface area contributed by atoms with Crippen molar-refractivity contribution in [3.63, 3.8) is 0 Å². The Balaban J connectivity index is 1.70. The van der Waals surface area contributed by atoms with Crippen LogP contribution in [0.5, 0.6) is 5.75 Å². The molecule has 0 aliphatic rings. The van der Waals surface area contributed by atoms with Crippen LogP contribution in [0.3, 0.4) is 0 Å². The lowest BCUT2D eigenvalue weighted by molar-refractivity contribution is -0.113. The molecule has 1 heterocycles. The molecule has 0 radical (unpaired) electrons. The van der Waals surface area contributed by atoms with Crippen molar-refractivity contribution in [3.05, 3.63) is 59.7 Å². The van der Waals surface area contributed by atoms with Gasteiger partial charge in [0, 0.05) is 17.1 Å². The fraction of sp³-hybridized carbons (Fsp3) is 0.143. The lowest BCUT2D eigenvalue weighted by Crippen LogP contribution is -2.14. The average Bonchev–Trinajstić information content (AvgIpc) is 2.76. The number of ether oxygens (including phenoxy) is 2. The largest absolute Gasteiger partial charge is 0.497 e. The molecule has 29 heavy (non-hydrogen) atoms. The van der Waals surface area contributed by atoms with Crippen LogP contribution in [-0.4, -0.2) is 36.8 Å². The first kappa shape index (κ1) is 20.2. The molecular formula is C21H17N3O4S. The highest BCUT2D eigenvalue weighted by Gasteiger charge is 2.12. The Morgan fingerprint density at radius 2 is 1.90 bits per heavy atom. The van der Waals surface area contributed by atoms with E-state index in [4.69, 9.17) is 4.74 Å². The van der Waals surface area contributed by atoms with Crippen molar-refractivity contribution in [3.8, 4) is 11.8 Å². The highest BCUT2D eigenvalue weighted by molar-refractivity contribution is 8.00. The van der Waals surface area contributed by atoms with Gasteiger partial charge in [0.25, 0.3) is 0 Å². The lowest BCUT2D eigenvalue weighted by Gasteiger charge is -2.08. The van der Waals surface area contributed by atoms with E-state index in [0.29, 0.717) is 33.1 Å². The van der Waals surface area contributed by atoms with Gasteiger partial charge in [-0.2, -0.15) is 5.26 Å². The fourth-order valence-electron chi connectivity index (χ4n) is 2.58. The number of nitriles is 1. The Bertz CT molecular complexity index is 1110. The van der Waals surface area contributed by atoms with Crippen LogP contribution in [0.25, 0.3) is 10.9 Å². The number of amides is 1. The van der Waals surface area contributed by atoms with E-state index in [0.717, 1.165) is 5.39 Å². The molecule has 1 aromatic heterocycles. The number of carbonyl (C=O) groups excluding carboxylic acids is 2. The van der Waals surface area contributed by atoms with Crippen molar-refractivity contribution in [2.24, 2.45) is 0 Å². The van der Waals surface area contributed by atoms with Gasteiger partial charge in [-0.25, -0.2) is 9.78 Å². The first-order valence-corrected chi connectivity index (χ1v) is 9.52. The molecule has 3 aromatic rings. The van der Waals surface area contributed by atoms with Crippen LogP contribution in [0.1, 0.15) is 15.9 Å². The zero-order valence-corrected chi connectivity index (χ0v) is 16.6. The number of thioether (sulfide) groups is 1. The Labute approximate surface area is 171 Å². The predicted molar refractivity (Wildman–Crippen MR) is 110 cm³/mol. The van der Waals surface area contributed by atoms with E-state index in [-0.39, 0.29) is 11.7 Å². The summed E-state index contributed by atoms with van der Waals surface area (Å²) in [6, 6.07) is 15.7. The number of pyridine rings is 1. The summed E-state index contributed by atoms with van der Waals surface area (Å²) in [6.45, 7) is 0. The van der Waals surface area contributed by atoms with E-state index in [1.54, 1.807) is 49.6 Å². The minimum atomic E-state index is -0.443. The van der Waals surface area contributed by atoms with Crippen molar-refractivity contribution in [1.82, 2.24) is 4.98 Å². The van der Waals surface area contributed by atoms with Crippen LogP contribution in [0, 0.1) is 11.3 Å². The van der Waals surface area contributed by atoms with E-state index in [1.165, 1.54) is 18.9 Å². The maximum absolute atomic E-state index is 12.3. The summed E-state index contributed by atoms with van der Waals surface area (Å²) in [5.74, 6) is 0.0492. The minimum Gasteiger partial charge on any atom is -0.497 e. The van der Waals surface area contributed by atoms with Crippen molar-refractivity contribution < 1.29 is 19.1 Å². The van der Waals surface area contributed by atoms with Crippen molar-refractivity contribution >= 4 is 40.2 Å². The van der Waals surface area contributed by atoms with Gasteiger partial charge >= 0.3 is 5.97 Å². The molecule has 1 N–H and O–H groups in total. The van der Waals surface area contributed by atoms with E-state index in [1.807, 2.05) is 6.07 Å². The molecule has 146 valence electrons. The minimum absolute atomic E-state index is 0.0793. The Morgan fingerprint density at radius 1 is 1.14 bits per heavy atom. The average molecular weight is 407 g/mol. The second kappa shape index (κ2) is 9.08. The van der Waals surface area contributed by atoms with Crippen molar-refractivity contribution in [2.75, 3.05) is 25.3 Å². The lowest BCUT2D eigenvalue weighted by atomic mass is 10.1. The molecule has 0 aliphatic heterocycles. The van der Waals surface area contributed by atoms with Crippen molar-refractivity contribution in [2.45, 2.75) is 5.03 Å². The Kier molecular flexibility index (Phi) is 6.32. The molecule has 0 saturated heterocycles. The molecular weight excluding hydrogens is 390 g/mol. The highest BCUT2D eigenvalue weighted by Crippen LogP contribution is 2.27. The molecule has 0 saturated carbocycles. The van der Waals surface area contributed by atoms with Crippen LogP contribution in [0.15, 0.2) is 53.6 Å². The van der Waals surface area contributed by atoms with Crippen LogP contribution in [-0.2, 0) is 9.53 Å². The molecule has 7 nitrogen and oxygen atoms in total. The summed E-state index contributed by atoms with van der Waals surface area (Å²) in [5, 5.41) is 13.4. The molecule has 2 aromatic carbocycles. The third-order valence-corrected chi connectivity index (χ3v) is 5.03. The number of hydrogen-bond acceptors (Lipinski definition) is 7. The summed E-state index contributed by atoms with van der Waals surface area (Å²) >= 11 is 1.18. The monoisotopic (exact) mass is 407 g/mol. The van der Waals surface area contributed by atoms with Gasteiger partial charge in [0.1, 0.15) is 16.8 Å². The third kappa shape index (κ3) is 4.83. The number of fused-ring (bicyclic) bond motifs is 1. The number of methoxy groups -OCH3 is 2. The number of nitrogens with one attached hydrogen (secondary N) is 1. The SMILES string of the molecule is COC(=O)c1ccc(NC(=O)CSc2nc3cc(OC)ccc3cc2C#N)cc1. The van der Waals surface area contributed by atoms with Gasteiger partial charge in [-0.15, -0.1) is 0 Å². The molecule has 1 amide bonds. The quantitative estimate of drug-likeness (QED) is 0.492. The van der Waals surface area contributed by atoms with Gasteiger partial charge < -0.3 is 14.8 Å². The molecule has 0 unspecified atom stereocenters. The number of hydrogen-bond donors (Lipinski definition) is 1. The molecule has 8 heteroatoms. The van der Waals surface area contributed by atoms with Gasteiger partial charge in [-0.3, -0.25) is 4.79 Å². The standard InChI is InChI=1S/C21H17N3O4S/c1-27-17-8-5-14-9-15(11-22)20(24-18(14)10-17)29-12-19(25)23-16-6-3-13(4-7-16)21(26)28-2/h3-10H,12H2,1-2H3,(H,23,25). The molecule has 0 aliphatic carbocycles. The summed E-state index contributed by atoms with van der Waals surface area (Å²) < 4.78 is 9.85. The smallest absolute Gasteiger partial charge is 0.337 e. The van der Waals surface area contributed by atoms with Crippen LogP contribution < -0.4 is 10.1 Å². The fourth-order valence-corrected chi connectivity index (χ4v) is 3.35.